The number of nitrogens with one attached hydrogen (secondary N) is 2. The van der Waals surface area contributed by atoms with Crippen molar-refractivity contribution in [3.8, 4) is 11.5 Å². The molecule has 1 aliphatic carbocycles. The molecule has 170 valence electrons. The highest BCUT2D eigenvalue weighted by Gasteiger charge is 2.31. The number of hydrogen-bond acceptors (Lipinski definition) is 5. The molecule has 1 heterocycles. The number of aromatic nitrogens is 2. The highest BCUT2D eigenvalue weighted by atomic mass is 19.4. The van der Waals surface area contributed by atoms with Crippen LogP contribution in [0.15, 0.2) is 54.7 Å². The third kappa shape index (κ3) is 5.65. The molecule has 7 nitrogen and oxygen atoms in total. The van der Waals surface area contributed by atoms with E-state index in [4.69, 9.17) is 4.74 Å². The number of anilines is 2. The number of benzene rings is 2. The first-order valence-corrected chi connectivity index (χ1v) is 10.1. The van der Waals surface area contributed by atoms with Gasteiger partial charge < -0.3 is 10.1 Å². The van der Waals surface area contributed by atoms with E-state index in [0.29, 0.717) is 17.0 Å². The summed E-state index contributed by atoms with van der Waals surface area (Å²) >= 11 is 0. The highest BCUT2D eigenvalue weighted by Crippen LogP contribution is 2.32. The first kappa shape index (κ1) is 22.3. The SMILES string of the molecule is Cc1cnc(NC(=O)C2CC2)nc1C(=O)Nc1ccc(Oc2ccc(C(F)(F)F)cc2)cc1. The molecule has 0 spiro atoms. The fourth-order valence-corrected chi connectivity index (χ4v) is 2.93. The molecule has 10 heteroatoms. The molecule has 1 fully saturated rings. The Morgan fingerprint density at radius 1 is 0.970 bits per heavy atom. The zero-order valence-electron chi connectivity index (χ0n) is 17.4. The van der Waals surface area contributed by atoms with Crippen molar-refractivity contribution in [2.45, 2.75) is 25.9 Å². The van der Waals surface area contributed by atoms with Crippen LogP contribution in [0.25, 0.3) is 0 Å². The van der Waals surface area contributed by atoms with Crippen molar-refractivity contribution < 1.29 is 27.5 Å². The van der Waals surface area contributed by atoms with Crippen LogP contribution in [0.2, 0.25) is 0 Å². The van der Waals surface area contributed by atoms with Crippen molar-refractivity contribution in [1.29, 1.82) is 0 Å². The largest absolute Gasteiger partial charge is 0.457 e. The molecule has 3 aromatic rings. The molecule has 0 unspecified atom stereocenters. The van der Waals surface area contributed by atoms with Crippen LogP contribution < -0.4 is 15.4 Å². The minimum Gasteiger partial charge on any atom is -0.457 e. The maximum atomic E-state index is 12.7. The lowest BCUT2D eigenvalue weighted by molar-refractivity contribution is -0.137. The van der Waals surface area contributed by atoms with Crippen LogP contribution in [0.3, 0.4) is 0 Å². The van der Waals surface area contributed by atoms with Gasteiger partial charge in [-0.15, -0.1) is 0 Å². The normalized spacial score (nSPS) is 13.3. The van der Waals surface area contributed by atoms with E-state index in [1.54, 1.807) is 31.2 Å². The van der Waals surface area contributed by atoms with Crippen LogP contribution in [-0.4, -0.2) is 21.8 Å². The van der Waals surface area contributed by atoms with Gasteiger partial charge in [-0.2, -0.15) is 13.2 Å². The number of amides is 2. The molecule has 2 aromatic carbocycles. The number of aryl methyl sites for hydroxylation is 1. The molecule has 0 saturated heterocycles. The highest BCUT2D eigenvalue weighted by molar-refractivity contribution is 6.04. The summed E-state index contributed by atoms with van der Waals surface area (Å²) in [4.78, 5) is 32.8. The average molecular weight is 456 g/mol. The molecule has 1 aromatic heterocycles. The second-order valence-corrected chi connectivity index (χ2v) is 7.59. The summed E-state index contributed by atoms with van der Waals surface area (Å²) in [6.07, 6.45) is -1.28. The zero-order valence-corrected chi connectivity index (χ0v) is 17.4. The zero-order chi connectivity index (χ0) is 23.6. The van der Waals surface area contributed by atoms with Gasteiger partial charge in [0.15, 0.2) is 0 Å². The summed E-state index contributed by atoms with van der Waals surface area (Å²) in [7, 11) is 0. The Bertz CT molecular complexity index is 1180. The van der Waals surface area contributed by atoms with Gasteiger partial charge in [0.25, 0.3) is 5.91 Å². The van der Waals surface area contributed by atoms with E-state index in [-0.39, 0.29) is 29.2 Å². The average Bonchev–Trinajstić information content (AvgIpc) is 3.62. The second kappa shape index (κ2) is 8.89. The van der Waals surface area contributed by atoms with Gasteiger partial charge in [0.1, 0.15) is 17.2 Å². The molecule has 0 aliphatic heterocycles. The molecule has 1 saturated carbocycles. The second-order valence-electron chi connectivity index (χ2n) is 7.59. The smallest absolute Gasteiger partial charge is 0.416 e. The number of hydrogen-bond donors (Lipinski definition) is 2. The maximum absolute atomic E-state index is 12.7. The molecule has 0 atom stereocenters. The van der Waals surface area contributed by atoms with Crippen LogP contribution >= 0.6 is 0 Å². The van der Waals surface area contributed by atoms with Crippen molar-refractivity contribution in [3.63, 3.8) is 0 Å². The van der Waals surface area contributed by atoms with Crippen molar-refractivity contribution in [3.05, 3.63) is 71.5 Å². The van der Waals surface area contributed by atoms with Crippen LogP contribution in [0.4, 0.5) is 24.8 Å². The Labute approximate surface area is 187 Å². The van der Waals surface area contributed by atoms with Crippen LogP contribution in [0.1, 0.15) is 34.5 Å². The molecular formula is C23H19F3N4O3. The fourth-order valence-electron chi connectivity index (χ4n) is 2.93. The van der Waals surface area contributed by atoms with Crippen LogP contribution in [-0.2, 0) is 11.0 Å². The maximum Gasteiger partial charge on any atom is 0.416 e. The monoisotopic (exact) mass is 456 g/mol. The van der Waals surface area contributed by atoms with Crippen LogP contribution in [0, 0.1) is 12.8 Å². The number of halogens is 3. The molecule has 1 aliphatic rings. The third-order valence-electron chi connectivity index (χ3n) is 4.90. The van der Waals surface area contributed by atoms with Crippen molar-refractivity contribution >= 4 is 23.5 Å². The molecule has 33 heavy (non-hydrogen) atoms. The van der Waals surface area contributed by atoms with Gasteiger partial charge in [0, 0.05) is 17.8 Å². The lowest BCUT2D eigenvalue weighted by atomic mass is 10.2. The van der Waals surface area contributed by atoms with E-state index in [2.05, 4.69) is 20.6 Å². The fraction of sp³-hybridized carbons (Fsp3) is 0.217. The van der Waals surface area contributed by atoms with Crippen molar-refractivity contribution in [1.82, 2.24) is 9.97 Å². The predicted molar refractivity (Wildman–Crippen MR) is 114 cm³/mol. The van der Waals surface area contributed by atoms with Gasteiger partial charge in [0.05, 0.1) is 5.56 Å². The van der Waals surface area contributed by atoms with Gasteiger partial charge in [-0.3, -0.25) is 14.9 Å². The van der Waals surface area contributed by atoms with Gasteiger partial charge in [0.2, 0.25) is 11.9 Å². The predicted octanol–water partition coefficient (Wildman–Crippen LogP) is 5.20. The summed E-state index contributed by atoms with van der Waals surface area (Å²) in [5.74, 6) is 0.0497. The van der Waals surface area contributed by atoms with Crippen molar-refractivity contribution in [2.75, 3.05) is 10.6 Å². The number of carbonyl (C=O) groups is 2. The summed E-state index contributed by atoms with van der Waals surface area (Å²) in [6, 6.07) is 10.7. The third-order valence-corrected chi connectivity index (χ3v) is 4.90. The summed E-state index contributed by atoms with van der Waals surface area (Å²) in [5, 5.41) is 5.32. The quantitative estimate of drug-likeness (QED) is 0.532. The summed E-state index contributed by atoms with van der Waals surface area (Å²) in [5.41, 5.74) is 0.366. The number of alkyl halides is 3. The molecule has 2 amide bonds. The molecule has 0 bridgehead atoms. The van der Waals surface area contributed by atoms with E-state index in [1.807, 2.05) is 0 Å². The summed E-state index contributed by atoms with van der Waals surface area (Å²) < 4.78 is 43.5. The minimum atomic E-state index is -4.41. The lowest BCUT2D eigenvalue weighted by Gasteiger charge is -2.11. The van der Waals surface area contributed by atoms with Gasteiger partial charge in [-0.1, -0.05) is 0 Å². The van der Waals surface area contributed by atoms with E-state index < -0.39 is 17.6 Å². The van der Waals surface area contributed by atoms with E-state index >= 15 is 0 Å². The van der Waals surface area contributed by atoms with Crippen molar-refractivity contribution in [2.24, 2.45) is 5.92 Å². The van der Waals surface area contributed by atoms with Gasteiger partial charge in [-0.25, -0.2) is 9.97 Å². The van der Waals surface area contributed by atoms with Crippen LogP contribution in [0.5, 0.6) is 11.5 Å². The van der Waals surface area contributed by atoms with Gasteiger partial charge >= 0.3 is 6.18 Å². The topological polar surface area (TPSA) is 93.2 Å². The Balaban J connectivity index is 1.39. The number of rotatable bonds is 6. The molecule has 4 rings (SSSR count). The molecule has 0 radical (unpaired) electrons. The number of ether oxygens (including phenoxy) is 1. The number of nitrogens with zero attached hydrogens (tertiary/aromatic N) is 2. The Hall–Kier alpha value is -3.95. The minimum absolute atomic E-state index is 0.0181. The first-order valence-electron chi connectivity index (χ1n) is 10.1. The van der Waals surface area contributed by atoms with E-state index in [9.17, 15) is 22.8 Å². The lowest BCUT2D eigenvalue weighted by Crippen LogP contribution is -2.20. The standard InChI is InChI=1S/C23H19F3N4O3/c1-13-12-27-22(30-20(31)14-2-3-14)29-19(13)21(32)28-16-6-10-18(11-7-16)33-17-8-4-15(5-9-17)23(24,25)26/h4-12,14H,2-3H2,1H3,(H,28,32)(H,27,29,30,31). The van der Waals surface area contributed by atoms with E-state index in [0.717, 1.165) is 25.0 Å². The van der Waals surface area contributed by atoms with Gasteiger partial charge in [-0.05, 0) is 73.9 Å². The Morgan fingerprint density at radius 3 is 2.15 bits per heavy atom. The Kier molecular flexibility index (Phi) is 5.99. The van der Waals surface area contributed by atoms with E-state index in [1.165, 1.54) is 18.3 Å². The molecular weight excluding hydrogens is 437 g/mol. The molecule has 2 N–H and O–H groups in total. The first-order chi connectivity index (χ1) is 15.7. The number of carbonyl (C=O) groups excluding carboxylic acids is 2. The summed E-state index contributed by atoms with van der Waals surface area (Å²) in [6.45, 7) is 1.68. The Morgan fingerprint density at radius 2 is 1.58 bits per heavy atom.